The Morgan fingerprint density at radius 1 is 1.32 bits per heavy atom. The Labute approximate surface area is 141 Å². The first-order valence-electron chi connectivity index (χ1n) is 7.73. The van der Waals surface area contributed by atoms with Gasteiger partial charge in [0.05, 0.1) is 5.56 Å². The number of nitrogens with one attached hydrogen (secondary N) is 2. The third kappa shape index (κ3) is 3.24. The van der Waals surface area contributed by atoms with Gasteiger partial charge in [0.15, 0.2) is 5.69 Å². The zero-order chi connectivity index (χ0) is 18.2. The first kappa shape index (κ1) is 17.1. The van der Waals surface area contributed by atoms with Crippen LogP contribution in [0.25, 0.3) is 10.9 Å². The van der Waals surface area contributed by atoms with Crippen LogP contribution in [0.4, 0.5) is 13.2 Å². The zero-order valence-corrected chi connectivity index (χ0v) is 13.7. The number of rotatable bonds is 4. The summed E-state index contributed by atoms with van der Waals surface area (Å²) < 4.78 is 40.3. The molecule has 0 bridgehead atoms. The van der Waals surface area contributed by atoms with Crippen molar-refractivity contribution >= 4 is 16.8 Å². The average Bonchev–Trinajstić information content (AvgIpc) is 3.09. The molecule has 0 fully saturated rings. The fourth-order valence-electron chi connectivity index (χ4n) is 2.82. The van der Waals surface area contributed by atoms with Gasteiger partial charge in [-0.3, -0.25) is 9.48 Å². The molecule has 0 aliphatic carbocycles. The Morgan fingerprint density at radius 3 is 2.76 bits per heavy atom. The summed E-state index contributed by atoms with van der Waals surface area (Å²) in [7, 11) is 1.38. The number of para-hydroxylation sites is 1. The number of halogens is 3. The molecule has 8 heteroatoms. The van der Waals surface area contributed by atoms with Crippen molar-refractivity contribution in [3.05, 3.63) is 53.0 Å². The minimum atomic E-state index is -4.67. The van der Waals surface area contributed by atoms with Crippen molar-refractivity contribution in [2.75, 3.05) is 6.54 Å². The van der Waals surface area contributed by atoms with E-state index in [1.54, 1.807) is 0 Å². The molecule has 0 saturated carbocycles. The number of H-pyrrole nitrogens is 1. The number of carbonyl (C=O) groups excluding carboxylic acids is 1. The van der Waals surface area contributed by atoms with Gasteiger partial charge in [-0.1, -0.05) is 18.2 Å². The third-order valence-electron chi connectivity index (χ3n) is 4.18. The molecule has 0 aliphatic heterocycles. The van der Waals surface area contributed by atoms with Crippen LogP contribution in [-0.2, 0) is 19.6 Å². The molecule has 0 spiro atoms. The second kappa shape index (κ2) is 6.27. The maximum atomic E-state index is 13.1. The maximum absolute atomic E-state index is 13.1. The number of aromatic nitrogens is 3. The molecule has 0 atom stereocenters. The summed E-state index contributed by atoms with van der Waals surface area (Å²) in [5, 5.41) is 7.02. The molecule has 5 nitrogen and oxygen atoms in total. The Morgan fingerprint density at radius 2 is 2.04 bits per heavy atom. The van der Waals surface area contributed by atoms with E-state index in [-0.39, 0.29) is 12.2 Å². The summed E-state index contributed by atoms with van der Waals surface area (Å²) in [6, 6.07) is 7.71. The molecule has 2 aromatic heterocycles. The lowest BCUT2D eigenvalue weighted by Crippen LogP contribution is -2.28. The van der Waals surface area contributed by atoms with E-state index in [1.165, 1.54) is 14.0 Å². The largest absolute Gasteiger partial charge is 0.435 e. The monoisotopic (exact) mass is 350 g/mol. The highest BCUT2D eigenvalue weighted by atomic mass is 19.4. The average molecular weight is 350 g/mol. The van der Waals surface area contributed by atoms with Crippen LogP contribution in [0, 0.1) is 6.92 Å². The van der Waals surface area contributed by atoms with Crippen LogP contribution in [-0.4, -0.2) is 27.2 Å². The predicted octanol–water partition coefficient (Wildman–Crippen LogP) is 3.20. The second-order valence-corrected chi connectivity index (χ2v) is 5.80. The van der Waals surface area contributed by atoms with Crippen molar-refractivity contribution in [3.8, 4) is 0 Å². The number of hydrogen-bond donors (Lipinski definition) is 2. The predicted molar refractivity (Wildman–Crippen MR) is 87.3 cm³/mol. The molecule has 132 valence electrons. The molecular formula is C17H17F3N4O. The first-order chi connectivity index (χ1) is 11.8. The van der Waals surface area contributed by atoms with Gasteiger partial charge >= 0.3 is 6.18 Å². The van der Waals surface area contributed by atoms with Crippen molar-refractivity contribution < 1.29 is 18.0 Å². The number of aryl methyl sites for hydroxylation is 1. The van der Waals surface area contributed by atoms with E-state index in [4.69, 9.17) is 0 Å². The molecule has 2 heterocycles. The van der Waals surface area contributed by atoms with Gasteiger partial charge in [-0.15, -0.1) is 0 Å². The van der Waals surface area contributed by atoms with E-state index >= 15 is 0 Å². The van der Waals surface area contributed by atoms with Crippen LogP contribution in [0.2, 0.25) is 0 Å². The first-order valence-corrected chi connectivity index (χ1v) is 7.73. The fraction of sp³-hybridized carbons (Fsp3) is 0.294. The third-order valence-corrected chi connectivity index (χ3v) is 4.18. The van der Waals surface area contributed by atoms with E-state index in [0.717, 1.165) is 21.1 Å². The number of amides is 1. The van der Waals surface area contributed by atoms with Gasteiger partial charge in [-0.2, -0.15) is 18.3 Å². The molecule has 3 rings (SSSR count). The van der Waals surface area contributed by atoms with Gasteiger partial charge < -0.3 is 10.3 Å². The molecule has 2 N–H and O–H groups in total. The zero-order valence-electron chi connectivity index (χ0n) is 13.7. The minimum Gasteiger partial charge on any atom is -0.361 e. The summed E-state index contributed by atoms with van der Waals surface area (Å²) >= 11 is 0. The summed E-state index contributed by atoms with van der Waals surface area (Å²) in [4.78, 5) is 15.4. The molecule has 3 aromatic rings. The number of alkyl halides is 3. The molecule has 25 heavy (non-hydrogen) atoms. The van der Waals surface area contributed by atoms with Crippen LogP contribution in [0.3, 0.4) is 0 Å². The van der Waals surface area contributed by atoms with Gasteiger partial charge in [-0.05, 0) is 25.0 Å². The molecule has 0 unspecified atom stereocenters. The molecule has 0 radical (unpaired) electrons. The number of hydrogen-bond acceptors (Lipinski definition) is 2. The normalized spacial score (nSPS) is 11.9. The smallest absolute Gasteiger partial charge is 0.361 e. The highest BCUT2D eigenvalue weighted by Crippen LogP contribution is 2.32. The van der Waals surface area contributed by atoms with Gasteiger partial charge in [0.2, 0.25) is 0 Å². The standard InChI is InChI=1S/C17H17F3N4O/c1-10-14(15(17(18,19)20)23-24(10)2)16(25)21-8-7-11-9-22-13-6-4-3-5-12(11)13/h3-6,9,22H,7-8H2,1-2H3,(H,21,25). The van der Waals surface area contributed by atoms with Gasteiger partial charge in [0, 0.05) is 36.4 Å². The lowest BCUT2D eigenvalue weighted by molar-refractivity contribution is -0.141. The number of carbonyl (C=O) groups is 1. The topological polar surface area (TPSA) is 62.7 Å². The Bertz CT molecular complexity index is 924. The van der Waals surface area contributed by atoms with Crippen molar-refractivity contribution in [1.29, 1.82) is 0 Å². The molecule has 1 amide bonds. The molecule has 0 aliphatic rings. The fourth-order valence-corrected chi connectivity index (χ4v) is 2.82. The van der Waals surface area contributed by atoms with Crippen molar-refractivity contribution in [2.24, 2.45) is 7.05 Å². The van der Waals surface area contributed by atoms with Gasteiger partial charge in [0.25, 0.3) is 5.91 Å². The number of nitrogens with zero attached hydrogens (tertiary/aromatic N) is 2. The van der Waals surface area contributed by atoms with E-state index in [9.17, 15) is 18.0 Å². The van der Waals surface area contributed by atoms with Crippen LogP contribution >= 0.6 is 0 Å². The van der Waals surface area contributed by atoms with Gasteiger partial charge in [0.1, 0.15) is 0 Å². The van der Waals surface area contributed by atoms with Crippen molar-refractivity contribution in [2.45, 2.75) is 19.5 Å². The van der Waals surface area contributed by atoms with E-state index < -0.39 is 23.3 Å². The Hall–Kier alpha value is -2.77. The summed E-state index contributed by atoms with van der Waals surface area (Å²) in [5.74, 6) is -0.766. The van der Waals surface area contributed by atoms with Crippen molar-refractivity contribution in [1.82, 2.24) is 20.1 Å². The minimum absolute atomic E-state index is 0.178. The highest BCUT2D eigenvalue weighted by molar-refractivity contribution is 5.96. The number of benzene rings is 1. The van der Waals surface area contributed by atoms with E-state index in [1.807, 2.05) is 30.5 Å². The Balaban J connectivity index is 1.73. The van der Waals surface area contributed by atoms with Crippen LogP contribution in [0.15, 0.2) is 30.5 Å². The van der Waals surface area contributed by atoms with Crippen LogP contribution < -0.4 is 5.32 Å². The van der Waals surface area contributed by atoms with Gasteiger partial charge in [-0.25, -0.2) is 0 Å². The van der Waals surface area contributed by atoms with E-state index in [2.05, 4.69) is 15.4 Å². The lowest BCUT2D eigenvalue weighted by Gasteiger charge is -2.08. The Kier molecular flexibility index (Phi) is 4.28. The molecule has 0 saturated heterocycles. The maximum Gasteiger partial charge on any atom is 0.435 e. The number of aromatic amines is 1. The summed E-state index contributed by atoms with van der Waals surface area (Å²) in [6.45, 7) is 1.67. The van der Waals surface area contributed by atoms with Crippen LogP contribution in [0.5, 0.6) is 0 Å². The second-order valence-electron chi connectivity index (χ2n) is 5.80. The molecular weight excluding hydrogens is 333 g/mol. The lowest BCUT2D eigenvalue weighted by atomic mass is 10.1. The quantitative estimate of drug-likeness (QED) is 0.759. The van der Waals surface area contributed by atoms with Crippen LogP contribution in [0.1, 0.15) is 27.3 Å². The summed E-state index contributed by atoms with van der Waals surface area (Å²) in [5.41, 5.74) is 0.573. The van der Waals surface area contributed by atoms with E-state index in [0.29, 0.717) is 6.42 Å². The number of fused-ring (bicyclic) bond motifs is 1. The van der Waals surface area contributed by atoms with Crippen molar-refractivity contribution in [3.63, 3.8) is 0 Å². The molecule has 1 aromatic carbocycles. The highest BCUT2D eigenvalue weighted by Gasteiger charge is 2.40. The SMILES string of the molecule is Cc1c(C(=O)NCCc2c[nH]c3ccccc23)c(C(F)(F)F)nn1C. The summed E-state index contributed by atoms with van der Waals surface area (Å²) in [6.07, 6.45) is -2.32.